The minimum absolute atomic E-state index is 0.0584. The Morgan fingerprint density at radius 2 is 1.33 bits per heavy atom. The fraction of sp³-hybridized carbons (Fsp3) is 0.900. The predicted octanol–water partition coefficient (Wildman–Crippen LogP) is 2.55. The molecule has 0 aromatic rings. The molecule has 1 aliphatic carbocycles. The topological polar surface area (TPSA) is 40.9 Å². The average Bonchev–Trinajstić information content (AvgIpc) is 2.15. The van der Waals surface area contributed by atoms with Crippen LogP contribution < -0.4 is 5.73 Å². The van der Waals surface area contributed by atoms with Gasteiger partial charge in [0.15, 0.2) is 0 Å². The first-order valence-corrected chi connectivity index (χ1v) is 5.06. The second kappa shape index (κ2) is 5.18. The summed E-state index contributed by atoms with van der Waals surface area (Å²) in [4.78, 5) is 10.8. The molecule has 1 fully saturated rings. The Morgan fingerprint density at radius 3 is 1.75 bits per heavy atom. The van der Waals surface area contributed by atoms with Gasteiger partial charge in [0.1, 0.15) is 0 Å². The molecule has 12 heavy (non-hydrogen) atoms. The summed E-state index contributed by atoms with van der Waals surface area (Å²) in [6.45, 7) is 0. The number of carbonyl (C=O) groups excluding carboxylic acids is 1. The second-order valence-corrected chi connectivity index (χ2v) is 3.76. The van der Waals surface area contributed by atoms with Crippen LogP contribution in [-0.2, 0) is 4.79 Å². The highest BCUT2D eigenvalue weighted by Gasteiger charge is 2.15. The predicted molar refractivity (Wildman–Crippen MR) is 48.5 cm³/mol. The molecule has 0 spiro atoms. The van der Waals surface area contributed by atoms with Crippen LogP contribution in [0.5, 0.6) is 0 Å². The van der Waals surface area contributed by atoms with Crippen molar-refractivity contribution < 1.29 is 4.79 Å². The summed E-state index contributed by atoms with van der Waals surface area (Å²) in [5, 5.41) is 0. The van der Waals surface area contributed by atoms with E-state index in [0.717, 1.165) is 25.7 Å². The number of nitrogens with one attached hydrogen (secondary N) is 1. The average molecular weight is 168 g/mol. The van der Waals surface area contributed by atoms with Gasteiger partial charge in [-0.3, -0.25) is 10.5 Å². The van der Waals surface area contributed by atoms with Gasteiger partial charge in [0, 0.05) is 5.92 Å². The summed E-state index contributed by atoms with van der Waals surface area (Å²) in [5.41, 5.74) is 7.07. The Labute approximate surface area is 74.5 Å². The summed E-state index contributed by atoms with van der Waals surface area (Å²) in [6.07, 6.45) is 9.36. The van der Waals surface area contributed by atoms with Gasteiger partial charge < -0.3 is 0 Å². The highest BCUT2D eigenvalue weighted by Crippen LogP contribution is 2.21. The zero-order valence-corrected chi connectivity index (χ0v) is 7.64. The van der Waals surface area contributed by atoms with Crippen molar-refractivity contribution in [1.82, 2.24) is 5.73 Å². The fourth-order valence-corrected chi connectivity index (χ4v) is 1.90. The summed E-state index contributed by atoms with van der Waals surface area (Å²) >= 11 is 0. The lowest BCUT2D eigenvalue weighted by atomic mass is 9.96. The van der Waals surface area contributed by atoms with E-state index >= 15 is 0 Å². The Kier molecular flexibility index (Phi) is 4.12. The smallest absolute Gasteiger partial charge is 0.241 e. The minimum Gasteiger partial charge on any atom is -0.273 e. The van der Waals surface area contributed by atoms with Crippen molar-refractivity contribution in [1.29, 1.82) is 0 Å². The molecule has 1 saturated carbocycles. The Bertz CT molecular complexity index is 135. The van der Waals surface area contributed by atoms with E-state index in [1.807, 2.05) is 0 Å². The molecule has 1 N–H and O–H groups in total. The number of amides is 1. The fourth-order valence-electron chi connectivity index (χ4n) is 1.90. The largest absolute Gasteiger partial charge is 0.273 e. The van der Waals surface area contributed by atoms with Crippen molar-refractivity contribution in [3.63, 3.8) is 0 Å². The molecule has 1 radical (unpaired) electrons. The van der Waals surface area contributed by atoms with Crippen molar-refractivity contribution >= 4 is 5.91 Å². The van der Waals surface area contributed by atoms with Gasteiger partial charge in [0.2, 0.25) is 5.91 Å². The van der Waals surface area contributed by atoms with Crippen LogP contribution in [0.1, 0.15) is 51.4 Å². The first-order chi connectivity index (χ1) is 5.80. The molecule has 0 heterocycles. The molecule has 1 rings (SSSR count). The van der Waals surface area contributed by atoms with E-state index in [9.17, 15) is 4.79 Å². The number of rotatable bonds is 1. The molecule has 0 aromatic heterocycles. The second-order valence-electron chi connectivity index (χ2n) is 3.76. The van der Waals surface area contributed by atoms with E-state index in [-0.39, 0.29) is 11.8 Å². The van der Waals surface area contributed by atoms with E-state index in [2.05, 4.69) is 0 Å². The van der Waals surface area contributed by atoms with Gasteiger partial charge in [0.25, 0.3) is 0 Å². The van der Waals surface area contributed by atoms with E-state index in [1.165, 1.54) is 25.7 Å². The normalized spacial score (nSPS) is 22.3. The van der Waals surface area contributed by atoms with E-state index in [4.69, 9.17) is 5.73 Å². The van der Waals surface area contributed by atoms with Crippen molar-refractivity contribution in [2.75, 3.05) is 0 Å². The highest BCUT2D eigenvalue weighted by atomic mass is 16.1. The van der Waals surface area contributed by atoms with Crippen molar-refractivity contribution in [3.05, 3.63) is 0 Å². The van der Waals surface area contributed by atoms with Gasteiger partial charge in [-0.2, -0.15) is 0 Å². The van der Waals surface area contributed by atoms with Crippen molar-refractivity contribution in [2.45, 2.75) is 51.4 Å². The molecule has 0 aromatic carbocycles. The van der Waals surface area contributed by atoms with Crippen LogP contribution in [0.4, 0.5) is 0 Å². The van der Waals surface area contributed by atoms with E-state index < -0.39 is 0 Å². The standard InChI is InChI=1S/C10H18NO/c11-10(12)9-7-5-3-1-2-4-6-8-9/h9,11H,1-8H2. The maximum Gasteiger partial charge on any atom is 0.241 e. The van der Waals surface area contributed by atoms with Crippen molar-refractivity contribution in [2.24, 2.45) is 5.92 Å². The van der Waals surface area contributed by atoms with Crippen LogP contribution in [0, 0.1) is 5.92 Å². The van der Waals surface area contributed by atoms with Gasteiger partial charge in [-0.25, -0.2) is 0 Å². The number of hydrogen-bond acceptors (Lipinski definition) is 1. The minimum atomic E-state index is -0.336. The van der Waals surface area contributed by atoms with Gasteiger partial charge >= 0.3 is 0 Å². The Balaban J connectivity index is 2.33. The third-order valence-corrected chi connectivity index (χ3v) is 2.73. The van der Waals surface area contributed by atoms with E-state index in [1.54, 1.807) is 0 Å². The lowest BCUT2D eigenvalue weighted by molar-refractivity contribution is -0.122. The number of hydrogen-bond donors (Lipinski definition) is 0. The van der Waals surface area contributed by atoms with Crippen molar-refractivity contribution in [3.8, 4) is 0 Å². The summed E-state index contributed by atoms with van der Waals surface area (Å²) in [7, 11) is 0. The third-order valence-electron chi connectivity index (χ3n) is 2.73. The van der Waals surface area contributed by atoms with E-state index in [0.29, 0.717) is 0 Å². The van der Waals surface area contributed by atoms with Gasteiger partial charge in [-0.05, 0) is 12.8 Å². The molecule has 0 bridgehead atoms. The molecule has 69 valence electrons. The van der Waals surface area contributed by atoms with Crippen LogP contribution in [-0.4, -0.2) is 5.91 Å². The molecule has 1 amide bonds. The highest BCUT2D eigenvalue weighted by molar-refractivity contribution is 5.75. The number of carbonyl (C=O) groups is 1. The van der Waals surface area contributed by atoms with Crippen LogP contribution in [0.2, 0.25) is 0 Å². The lowest BCUT2D eigenvalue weighted by Crippen LogP contribution is -2.14. The maximum absolute atomic E-state index is 10.8. The van der Waals surface area contributed by atoms with Crippen LogP contribution in [0.25, 0.3) is 0 Å². The first kappa shape index (κ1) is 9.56. The molecule has 0 unspecified atom stereocenters. The summed E-state index contributed by atoms with van der Waals surface area (Å²) < 4.78 is 0. The molecular formula is C10H18NO. The molecule has 0 saturated heterocycles. The summed E-state index contributed by atoms with van der Waals surface area (Å²) in [6, 6.07) is 0. The quantitative estimate of drug-likeness (QED) is 0.593. The monoisotopic (exact) mass is 168 g/mol. The summed E-state index contributed by atoms with van der Waals surface area (Å²) in [5.74, 6) is -0.278. The molecule has 2 nitrogen and oxygen atoms in total. The van der Waals surface area contributed by atoms with Crippen LogP contribution in [0.15, 0.2) is 0 Å². The molecule has 0 aliphatic heterocycles. The molecule has 1 aliphatic rings. The zero-order valence-electron chi connectivity index (χ0n) is 7.64. The molecule has 2 heteroatoms. The first-order valence-electron chi connectivity index (χ1n) is 5.06. The zero-order chi connectivity index (χ0) is 8.81. The SMILES string of the molecule is [NH]C(=O)C1CCCCCCCC1. The van der Waals surface area contributed by atoms with Gasteiger partial charge in [-0.1, -0.05) is 38.5 Å². The lowest BCUT2D eigenvalue weighted by Gasteiger charge is -2.09. The van der Waals surface area contributed by atoms with Gasteiger partial charge in [-0.15, -0.1) is 0 Å². The van der Waals surface area contributed by atoms with Crippen LogP contribution >= 0.6 is 0 Å². The van der Waals surface area contributed by atoms with Gasteiger partial charge in [0.05, 0.1) is 0 Å². The Morgan fingerprint density at radius 1 is 0.917 bits per heavy atom. The molecular weight excluding hydrogens is 150 g/mol. The maximum atomic E-state index is 10.8. The molecule has 0 atom stereocenters. The third kappa shape index (κ3) is 3.24. The Hall–Kier alpha value is -0.530. The van der Waals surface area contributed by atoms with Crippen LogP contribution in [0.3, 0.4) is 0 Å².